The van der Waals surface area contributed by atoms with Crippen molar-refractivity contribution in [2.45, 2.75) is 18.2 Å². The van der Waals surface area contributed by atoms with E-state index in [0.29, 0.717) is 4.83 Å². The third-order valence-corrected chi connectivity index (χ3v) is 5.60. The van der Waals surface area contributed by atoms with Gasteiger partial charge >= 0.3 is 0 Å². The van der Waals surface area contributed by atoms with Gasteiger partial charge < -0.3 is 4.90 Å². The Morgan fingerprint density at radius 3 is 3.18 bits per heavy atom. The highest BCUT2D eigenvalue weighted by molar-refractivity contribution is 9.09. The van der Waals surface area contributed by atoms with Gasteiger partial charge in [-0.2, -0.15) is 0 Å². The van der Waals surface area contributed by atoms with Gasteiger partial charge in [0.1, 0.15) is 5.82 Å². The van der Waals surface area contributed by atoms with E-state index >= 15 is 0 Å². The number of thiophene rings is 1. The number of pyridine rings is 1. The Labute approximate surface area is 114 Å². The third kappa shape index (κ3) is 2.08. The fraction of sp³-hybridized carbons (Fsp3) is 0.462. The first-order chi connectivity index (χ1) is 8.25. The van der Waals surface area contributed by atoms with Gasteiger partial charge in [0.25, 0.3) is 0 Å². The van der Waals surface area contributed by atoms with Crippen molar-refractivity contribution in [2.24, 2.45) is 5.92 Å². The quantitative estimate of drug-likeness (QED) is 0.742. The van der Waals surface area contributed by atoms with Gasteiger partial charge in [-0.3, -0.25) is 0 Å². The van der Waals surface area contributed by atoms with Crippen LogP contribution in [0.15, 0.2) is 23.7 Å². The van der Waals surface area contributed by atoms with Crippen molar-refractivity contribution in [1.82, 2.24) is 4.98 Å². The molecular formula is C13H15BrN2S. The Hall–Kier alpha value is -0.610. The van der Waals surface area contributed by atoms with E-state index in [9.17, 15) is 0 Å². The number of nitrogens with zero attached hydrogens (tertiary/aromatic N) is 2. The lowest BCUT2D eigenvalue weighted by atomic mass is 9.99. The number of piperidine rings is 1. The van der Waals surface area contributed by atoms with Crippen LogP contribution in [0.4, 0.5) is 5.82 Å². The van der Waals surface area contributed by atoms with Crippen molar-refractivity contribution in [1.29, 1.82) is 0 Å². The molecule has 3 heterocycles. The summed E-state index contributed by atoms with van der Waals surface area (Å²) >= 11 is 5.57. The van der Waals surface area contributed by atoms with Gasteiger partial charge in [-0.05, 0) is 29.9 Å². The topological polar surface area (TPSA) is 16.1 Å². The van der Waals surface area contributed by atoms with Crippen molar-refractivity contribution in [3.05, 3.63) is 23.7 Å². The van der Waals surface area contributed by atoms with Crippen molar-refractivity contribution in [3.8, 4) is 0 Å². The number of rotatable bonds is 1. The highest BCUT2D eigenvalue weighted by Crippen LogP contribution is 2.32. The average molecular weight is 311 g/mol. The second-order valence-corrected chi connectivity index (χ2v) is 6.82. The zero-order chi connectivity index (χ0) is 11.8. The lowest BCUT2D eigenvalue weighted by Crippen LogP contribution is -2.40. The van der Waals surface area contributed by atoms with Crippen LogP contribution < -0.4 is 4.90 Å². The van der Waals surface area contributed by atoms with E-state index in [1.807, 2.05) is 6.20 Å². The van der Waals surface area contributed by atoms with Crippen LogP contribution in [0, 0.1) is 5.92 Å². The van der Waals surface area contributed by atoms with Crippen LogP contribution in [0.2, 0.25) is 0 Å². The molecule has 0 spiro atoms. The molecule has 0 amide bonds. The minimum Gasteiger partial charge on any atom is -0.355 e. The Bertz CT molecular complexity index is 525. The zero-order valence-corrected chi connectivity index (χ0v) is 12.2. The van der Waals surface area contributed by atoms with Gasteiger partial charge in [0.15, 0.2) is 0 Å². The molecule has 3 rings (SSSR count). The number of halogens is 1. The Balaban J connectivity index is 1.96. The van der Waals surface area contributed by atoms with Gasteiger partial charge in [-0.15, -0.1) is 11.3 Å². The van der Waals surface area contributed by atoms with Crippen LogP contribution in [0.3, 0.4) is 0 Å². The summed E-state index contributed by atoms with van der Waals surface area (Å²) in [5.74, 6) is 1.91. The monoisotopic (exact) mass is 310 g/mol. The van der Waals surface area contributed by atoms with Crippen LogP contribution in [-0.4, -0.2) is 22.9 Å². The van der Waals surface area contributed by atoms with Gasteiger partial charge in [0, 0.05) is 34.2 Å². The normalized spacial score (nSPS) is 25.4. The molecule has 0 N–H and O–H groups in total. The molecule has 0 saturated carbocycles. The lowest BCUT2D eigenvalue weighted by molar-refractivity contribution is 0.455. The van der Waals surface area contributed by atoms with E-state index in [2.05, 4.69) is 50.3 Å². The zero-order valence-electron chi connectivity index (χ0n) is 9.77. The van der Waals surface area contributed by atoms with Crippen LogP contribution in [-0.2, 0) is 0 Å². The number of hydrogen-bond acceptors (Lipinski definition) is 3. The van der Waals surface area contributed by atoms with Crippen LogP contribution in [0.5, 0.6) is 0 Å². The molecule has 90 valence electrons. The highest BCUT2D eigenvalue weighted by atomic mass is 79.9. The highest BCUT2D eigenvalue weighted by Gasteiger charge is 2.25. The third-order valence-electron chi connectivity index (χ3n) is 3.52. The minimum absolute atomic E-state index is 0.576. The molecule has 1 aliphatic heterocycles. The van der Waals surface area contributed by atoms with E-state index in [-0.39, 0.29) is 0 Å². The van der Waals surface area contributed by atoms with E-state index in [1.54, 1.807) is 11.3 Å². The van der Waals surface area contributed by atoms with E-state index in [0.717, 1.165) is 24.8 Å². The summed E-state index contributed by atoms with van der Waals surface area (Å²) in [7, 11) is 0. The molecule has 2 atom stereocenters. The molecule has 0 bridgehead atoms. The second-order valence-electron chi connectivity index (χ2n) is 4.69. The second kappa shape index (κ2) is 4.58. The average Bonchev–Trinajstić information content (AvgIpc) is 2.80. The maximum Gasteiger partial charge on any atom is 0.137 e. The first kappa shape index (κ1) is 11.5. The predicted molar refractivity (Wildman–Crippen MR) is 78.3 cm³/mol. The summed E-state index contributed by atoms with van der Waals surface area (Å²) in [5.41, 5.74) is 0. The number of aromatic nitrogens is 1. The molecule has 17 heavy (non-hydrogen) atoms. The summed E-state index contributed by atoms with van der Waals surface area (Å²) in [4.78, 5) is 7.56. The van der Waals surface area contributed by atoms with E-state index in [4.69, 9.17) is 0 Å². The van der Waals surface area contributed by atoms with Crippen molar-refractivity contribution < 1.29 is 0 Å². The van der Waals surface area contributed by atoms with Gasteiger partial charge in [-0.1, -0.05) is 22.9 Å². The molecule has 1 fully saturated rings. The molecule has 1 saturated heterocycles. The fourth-order valence-electron chi connectivity index (χ4n) is 2.35. The summed E-state index contributed by atoms with van der Waals surface area (Å²) in [5, 5.41) is 3.44. The van der Waals surface area contributed by atoms with Gasteiger partial charge in [-0.25, -0.2) is 4.98 Å². The van der Waals surface area contributed by atoms with E-state index < -0.39 is 0 Å². The molecule has 0 aromatic carbocycles. The SMILES string of the molecule is CC1CCN(c2nccc3sccc23)CC1Br. The number of alkyl halides is 1. The van der Waals surface area contributed by atoms with Gasteiger partial charge in [0.2, 0.25) is 0 Å². The number of fused-ring (bicyclic) bond motifs is 1. The summed E-state index contributed by atoms with van der Waals surface area (Å²) in [6.45, 7) is 4.49. The first-order valence-electron chi connectivity index (χ1n) is 5.97. The van der Waals surface area contributed by atoms with Crippen LogP contribution in [0.25, 0.3) is 10.1 Å². The minimum atomic E-state index is 0.576. The van der Waals surface area contributed by atoms with Crippen molar-refractivity contribution in [3.63, 3.8) is 0 Å². The molecule has 0 aliphatic carbocycles. The van der Waals surface area contributed by atoms with E-state index in [1.165, 1.54) is 16.5 Å². The number of hydrogen-bond donors (Lipinski definition) is 0. The lowest BCUT2D eigenvalue weighted by Gasteiger charge is -2.35. The largest absolute Gasteiger partial charge is 0.355 e. The Morgan fingerprint density at radius 2 is 2.35 bits per heavy atom. The van der Waals surface area contributed by atoms with Crippen molar-refractivity contribution >= 4 is 43.2 Å². The molecule has 2 unspecified atom stereocenters. The summed E-state index contributed by atoms with van der Waals surface area (Å²) < 4.78 is 1.33. The molecule has 0 radical (unpaired) electrons. The maximum absolute atomic E-state index is 4.57. The van der Waals surface area contributed by atoms with Gasteiger partial charge in [0.05, 0.1) is 0 Å². The predicted octanol–water partition coefficient (Wildman–Crippen LogP) is 3.91. The summed E-state index contributed by atoms with van der Waals surface area (Å²) in [6, 6.07) is 4.28. The first-order valence-corrected chi connectivity index (χ1v) is 7.76. The fourth-order valence-corrected chi connectivity index (χ4v) is 3.74. The molecular weight excluding hydrogens is 296 g/mol. The standard InChI is InChI=1S/C13H15BrN2S/c1-9-3-6-16(8-11(9)14)13-10-4-7-17-12(10)2-5-15-13/h2,4-5,7,9,11H,3,6,8H2,1H3. The molecule has 4 heteroatoms. The summed E-state index contributed by atoms with van der Waals surface area (Å²) in [6.07, 6.45) is 3.16. The molecule has 2 nitrogen and oxygen atoms in total. The van der Waals surface area contributed by atoms with Crippen molar-refractivity contribution in [2.75, 3.05) is 18.0 Å². The molecule has 2 aromatic rings. The Morgan fingerprint density at radius 1 is 1.47 bits per heavy atom. The smallest absolute Gasteiger partial charge is 0.137 e. The van der Waals surface area contributed by atoms with Crippen LogP contribution in [0.1, 0.15) is 13.3 Å². The molecule has 2 aromatic heterocycles. The Kier molecular flexibility index (Phi) is 3.09. The maximum atomic E-state index is 4.57. The van der Waals surface area contributed by atoms with Crippen LogP contribution >= 0.6 is 27.3 Å². The number of anilines is 1. The molecule has 1 aliphatic rings.